The Labute approximate surface area is 347 Å². The largest absolute Gasteiger partial charge is 0.460 e. The number of ether oxygens (including phenoxy) is 5. The molecule has 19 nitrogen and oxygen atoms in total. The summed E-state index contributed by atoms with van der Waals surface area (Å²) in [7, 11) is -4.60. The molecule has 0 spiro atoms. The van der Waals surface area contributed by atoms with Gasteiger partial charge in [0.2, 0.25) is 12.2 Å². The predicted octanol–water partition coefficient (Wildman–Crippen LogP) is 6.14. The fourth-order valence-electron chi connectivity index (χ4n) is 6.26. The molecule has 3 aromatic rings. The number of unbranched alkanes of at least 4 members (excludes halogenated alkanes) is 5. The summed E-state index contributed by atoms with van der Waals surface area (Å²) in [5.41, 5.74) is 10.2. The Kier molecular flexibility index (Phi) is 18.7. The van der Waals surface area contributed by atoms with Gasteiger partial charge in [-0.05, 0) is 48.7 Å². The molecule has 1 fully saturated rings. The molecule has 2 heterocycles. The van der Waals surface area contributed by atoms with Crippen molar-refractivity contribution in [2.24, 2.45) is 5.11 Å². The van der Waals surface area contributed by atoms with Gasteiger partial charge in [-0.25, -0.2) is 4.57 Å². The molecule has 1 saturated heterocycles. The number of carbonyl (C=O) groups excluding carboxylic acids is 5. The van der Waals surface area contributed by atoms with Crippen molar-refractivity contribution in [1.29, 1.82) is 0 Å². The van der Waals surface area contributed by atoms with Crippen LogP contribution in [0.3, 0.4) is 0 Å². The van der Waals surface area contributed by atoms with Crippen molar-refractivity contribution < 1.29 is 61.3 Å². The van der Waals surface area contributed by atoms with E-state index in [1.807, 2.05) is 12.1 Å². The highest BCUT2D eigenvalue weighted by Crippen LogP contribution is 2.46. The summed E-state index contributed by atoms with van der Waals surface area (Å²) in [6.45, 7) is 4.04. The molecule has 0 aliphatic carbocycles. The topological polar surface area (TPSA) is 253 Å². The minimum Gasteiger partial charge on any atom is -0.460 e. The lowest BCUT2D eigenvalue weighted by Gasteiger charge is -2.44. The van der Waals surface area contributed by atoms with E-state index in [0.717, 1.165) is 51.3 Å². The monoisotopic (exact) mass is 854 g/mol. The molecule has 0 bridgehead atoms. The zero-order valence-electron chi connectivity index (χ0n) is 33.9. The quantitative estimate of drug-likeness (QED) is 0.0207. The van der Waals surface area contributed by atoms with Crippen molar-refractivity contribution in [2.75, 3.05) is 13.2 Å². The van der Waals surface area contributed by atoms with Gasteiger partial charge in [0.25, 0.3) is 0 Å². The van der Waals surface area contributed by atoms with Crippen LogP contribution < -0.4 is 14.9 Å². The molecule has 1 aliphatic heterocycles. The molecule has 1 aromatic heterocycles. The van der Waals surface area contributed by atoms with E-state index in [9.17, 15) is 28.5 Å². The fraction of sp³-hybridized carbons (Fsp3) is 0.500. The summed E-state index contributed by atoms with van der Waals surface area (Å²) in [5, 5.41) is 9.11. The zero-order chi connectivity index (χ0) is 43.5. The number of benzene rings is 2. The van der Waals surface area contributed by atoms with Crippen molar-refractivity contribution in [3.8, 4) is 5.75 Å². The second kappa shape index (κ2) is 23.9. The summed E-state index contributed by atoms with van der Waals surface area (Å²) in [6, 6.07) is 14.1. The number of aromatic nitrogens is 1. The molecule has 1 amide bonds. The standard InChI is InChI=1S/C40H51N6O13P/c1-5-6-7-8-9-13-21-35(50)58-40-36(44-34(49)23-43-46-41)38(56-28(4)48)37(55-27(3)47)33(57-40)25-54-60(52,59-30-17-11-10-12-18-30)45-26(2)39(51)53-24-29-16-14-20-32-31(29)19-15-22-42-32/h10-12,14-20,22,26,33,36-38,40H,5-9,13,21,23-25H2,1-4H3,(H,44,49)(H,45,52)/t26-,33+,36-,37+,38+,40?,60?/m0/s1. The molecule has 1 aliphatic rings. The van der Waals surface area contributed by atoms with Gasteiger partial charge in [-0.1, -0.05) is 80.5 Å². The number of hydrogen-bond donors (Lipinski definition) is 2. The number of fused-ring (bicyclic) bond motifs is 1. The average Bonchev–Trinajstić information content (AvgIpc) is 3.21. The highest BCUT2D eigenvalue weighted by Gasteiger charge is 2.53. The third-order valence-corrected chi connectivity index (χ3v) is 10.7. The number of azide groups is 1. The normalized spacial score (nSPS) is 20.0. The maximum Gasteiger partial charge on any atom is 0.459 e. The molecular formula is C40H51N6O13P. The van der Waals surface area contributed by atoms with Gasteiger partial charge < -0.3 is 33.5 Å². The maximum absolute atomic E-state index is 14.6. The molecule has 0 saturated carbocycles. The van der Waals surface area contributed by atoms with Crippen LogP contribution in [0.2, 0.25) is 0 Å². The van der Waals surface area contributed by atoms with Gasteiger partial charge in [0.05, 0.1) is 12.1 Å². The van der Waals surface area contributed by atoms with Gasteiger partial charge in [0.15, 0.2) is 12.2 Å². The van der Waals surface area contributed by atoms with E-state index in [4.69, 9.17) is 38.3 Å². The van der Waals surface area contributed by atoms with E-state index in [2.05, 4.69) is 32.3 Å². The van der Waals surface area contributed by atoms with Gasteiger partial charge in [-0.2, -0.15) is 5.09 Å². The first-order valence-electron chi connectivity index (χ1n) is 19.6. The lowest BCUT2D eigenvalue weighted by Crippen LogP contribution is -2.67. The highest BCUT2D eigenvalue weighted by atomic mass is 31.2. The number of esters is 4. The molecule has 2 unspecified atom stereocenters. The number of nitrogens with one attached hydrogen (secondary N) is 2. The van der Waals surface area contributed by atoms with Gasteiger partial charge in [0, 0.05) is 36.8 Å². The van der Waals surface area contributed by atoms with Crippen LogP contribution in [0.1, 0.15) is 78.2 Å². The molecule has 7 atom stereocenters. The lowest BCUT2D eigenvalue weighted by molar-refractivity contribution is -0.269. The van der Waals surface area contributed by atoms with E-state index in [1.165, 1.54) is 19.1 Å². The third kappa shape index (κ3) is 14.9. The predicted molar refractivity (Wildman–Crippen MR) is 215 cm³/mol. The SMILES string of the molecule is CCCCCCCCC(=O)OC1O[C@H](COP(=O)(N[C@@H](C)C(=O)OCc2cccc3ncccc23)Oc2ccccc2)[C@@H](OC(C)=O)[C@H](OC(C)=O)[C@@H]1NC(=O)CN=[N+]=[N-]. The van der Waals surface area contributed by atoms with E-state index >= 15 is 0 Å². The van der Waals surface area contributed by atoms with Crippen molar-refractivity contribution in [3.63, 3.8) is 0 Å². The maximum atomic E-state index is 14.6. The minimum atomic E-state index is -4.60. The Morgan fingerprint density at radius 1 is 0.917 bits per heavy atom. The number of pyridine rings is 1. The molecule has 2 aromatic carbocycles. The van der Waals surface area contributed by atoms with E-state index in [-0.39, 0.29) is 18.8 Å². The Balaban J connectivity index is 1.60. The van der Waals surface area contributed by atoms with Crippen molar-refractivity contribution in [2.45, 2.75) is 116 Å². The number of amides is 1. The molecule has 60 heavy (non-hydrogen) atoms. The molecule has 324 valence electrons. The Bertz CT molecular complexity index is 2010. The summed E-state index contributed by atoms with van der Waals surface area (Å²) >= 11 is 0. The van der Waals surface area contributed by atoms with E-state index in [1.54, 1.807) is 42.6 Å². The molecule has 2 N–H and O–H groups in total. The van der Waals surface area contributed by atoms with Gasteiger partial charge >= 0.3 is 31.6 Å². The van der Waals surface area contributed by atoms with Crippen LogP contribution >= 0.6 is 7.75 Å². The smallest absolute Gasteiger partial charge is 0.459 e. The summed E-state index contributed by atoms with van der Waals surface area (Å²) in [6.07, 6.45) is 0.539. The summed E-state index contributed by atoms with van der Waals surface area (Å²) < 4.78 is 54.8. The van der Waals surface area contributed by atoms with Crippen LogP contribution in [0.25, 0.3) is 21.3 Å². The van der Waals surface area contributed by atoms with Gasteiger partial charge in [-0.3, -0.25) is 33.5 Å². The molecular weight excluding hydrogens is 803 g/mol. The fourth-order valence-corrected chi connectivity index (χ4v) is 7.76. The summed E-state index contributed by atoms with van der Waals surface area (Å²) in [5.74, 6) is -4.06. The summed E-state index contributed by atoms with van der Waals surface area (Å²) in [4.78, 5) is 71.3. The zero-order valence-corrected chi connectivity index (χ0v) is 34.8. The average molecular weight is 855 g/mol. The molecule has 20 heteroatoms. The van der Waals surface area contributed by atoms with Crippen LogP contribution in [0.5, 0.6) is 5.75 Å². The first-order chi connectivity index (χ1) is 28.8. The Morgan fingerprint density at radius 2 is 1.63 bits per heavy atom. The number of carbonyl (C=O) groups is 5. The van der Waals surface area contributed by atoms with Gasteiger partial charge in [-0.15, -0.1) is 0 Å². The van der Waals surface area contributed by atoms with Crippen LogP contribution in [0.4, 0.5) is 0 Å². The molecule has 0 radical (unpaired) electrons. The van der Waals surface area contributed by atoms with Crippen LogP contribution in [0, 0.1) is 0 Å². The molecule has 4 rings (SSSR count). The second-order valence-corrected chi connectivity index (χ2v) is 15.5. The highest BCUT2D eigenvalue weighted by molar-refractivity contribution is 7.52. The van der Waals surface area contributed by atoms with Crippen molar-refractivity contribution in [1.82, 2.24) is 15.4 Å². The number of hydrogen-bond acceptors (Lipinski definition) is 15. The second-order valence-electron chi connectivity index (χ2n) is 13.8. The first kappa shape index (κ1) is 47.1. The van der Waals surface area contributed by atoms with Gasteiger partial charge in [0.1, 0.15) is 37.1 Å². The van der Waals surface area contributed by atoms with E-state index < -0.39 is 87.4 Å². The number of rotatable bonds is 23. The number of para-hydroxylation sites is 1. The third-order valence-electron chi connectivity index (χ3n) is 9.03. The number of nitrogens with zero attached hydrogens (tertiary/aromatic N) is 4. The van der Waals surface area contributed by atoms with Crippen LogP contribution in [0.15, 0.2) is 72.0 Å². The van der Waals surface area contributed by atoms with Crippen molar-refractivity contribution >= 4 is 48.4 Å². The minimum absolute atomic E-state index is 0.0203. The van der Waals surface area contributed by atoms with Crippen LogP contribution in [-0.2, 0) is 63.4 Å². The lowest BCUT2D eigenvalue weighted by atomic mass is 9.96. The van der Waals surface area contributed by atoms with Crippen molar-refractivity contribution in [3.05, 3.63) is 82.9 Å². The Morgan fingerprint density at radius 3 is 2.35 bits per heavy atom. The Hall–Kier alpha value is -5.58. The van der Waals surface area contributed by atoms with E-state index in [0.29, 0.717) is 17.5 Å². The first-order valence-corrected chi connectivity index (χ1v) is 21.1. The van der Waals surface area contributed by atoms with Crippen LogP contribution in [-0.4, -0.2) is 84.6 Å².